The first-order valence-corrected chi connectivity index (χ1v) is 11.8. The lowest BCUT2D eigenvalue weighted by molar-refractivity contribution is -0.969. The molecule has 6 nitrogen and oxygen atoms in total. The highest BCUT2D eigenvalue weighted by atomic mass is 16.9. The van der Waals surface area contributed by atoms with Crippen LogP contribution in [0.4, 0.5) is 0 Å². The number of ether oxygens (including phenoxy) is 1. The summed E-state index contributed by atoms with van der Waals surface area (Å²) in [6.45, 7) is 11.8. The second kappa shape index (κ2) is 19.4. The highest BCUT2D eigenvalue weighted by Gasteiger charge is 2.27. The third-order valence-corrected chi connectivity index (χ3v) is 6.08. The molecule has 0 aliphatic carbocycles. The van der Waals surface area contributed by atoms with E-state index in [9.17, 15) is 0 Å². The maximum Gasteiger partial charge on any atom is 0.472 e. The van der Waals surface area contributed by atoms with Crippen molar-refractivity contribution in [2.45, 2.75) is 104 Å². The molecule has 0 aromatic rings. The minimum absolute atomic E-state index is 0.979. The summed E-state index contributed by atoms with van der Waals surface area (Å²) < 4.78 is 6.85. The molecule has 0 unspecified atom stereocenters. The number of hydrogen-bond donors (Lipinski definition) is 2. The zero-order chi connectivity index (χ0) is 20.9. The van der Waals surface area contributed by atoms with Crippen LogP contribution in [0, 0.1) is 4.91 Å². The van der Waals surface area contributed by atoms with Crippen molar-refractivity contribution in [1.29, 1.82) is 0 Å². The van der Waals surface area contributed by atoms with Crippen LogP contribution in [0.1, 0.15) is 104 Å². The first-order valence-electron chi connectivity index (χ1n) is 11.8. The number of morpholine rings is 1. The number of nitrogens with zero attached hydrogens (tertiary/aromatic N) is 2. The third-order valence-electron chi connectivity index (χ3n) is 6.08. The molecule has 168 valence electrons. The van der Waals surface area contributed by atoms with Crippen molar-refractivity contribution in [1.82, 2.24) is 0 Å². The molecule has 1 heterocycles. The second-order valence-corrected chi connectivity index (χ2v) is 8.29. The van der Waals surface area contributed by atoms with Gasteiger partial charge in [0.15, 0.2) is 0 Å². The van der Waals surface area contributed by atoms with Gasteiger partial charge in [-0.15, -0.1) is 0 Å². The van der Waals surface area contributed by atoms with Gasteiger partial charge in [0.2, 0.25) is 0 Å². The van der Waals surface area contributed by atoms with Gasteiger partial charge in [0.25, 0.3) is 0 Å². The van der Waals surface area contributed by atoms with Gasteiger partial charge in [-0.1, -0.05) is 84.0 Å². The van der Waals surface area contributed by atoms with Crippen LogP contribution in [0.15, 0.2) is 0 Å². The molecule has 0 bridgehead atoms. The molecular weight excluding hydrogens is 356 g/mol. The topological polar surface area (TPSA) is 69.8 Å². The lowest BCUT2D eigenvalue weighted by Crippen LogP contribution is -2.55. The van der Waals surface area contributed by atoms with Crippen molar-refractivity contribution >= 4 is 0 Å². The van der Waals surface area contributed by atoms with Gasteiger partial charge >= 0.3 is 5.09 Å². The van der Waals surface area contributed by atoms with Gasteiger partial charge in [-0.3, -0.25) is 0 Å². The van der Waals surface area contributed by atoms with Gasteiger partial charge in [0.05, 0.1) is 26.3 Å². The van der Waals surface area contributed by atoms with E-state index in [0.717, 1.165) is 13.2 Å². The molecule has 0 spiro atoms. The van der Waals surface area contributed by atoms with Crippen LogP contribution in [0.5, 0.6) is 0 Å². The van der Waals surface area contributed by atoms with Gasteiger partial charge < -0.3 is 9.22 Å². The standard InChI is InChI=1S/C22H46NO.H2NO3/c1-3-5-6-7-8-9-10-11-12-13-14-15-16-17-18-23(4-2)19-21-24-22-20-23;2-1(3)4/h3-22H2,1-2H3;(H2,2,3,4)/q2*+1. The summed E-state index contributed by atoms with van der Waals surface area (Å²) in [5, 5.41) is 12.5. The van der Waals surface area contributed by atoms with Crippen molar-refractivity contribution in [2.75, 3.05) is 39.4 Å². The van der Waals surface area contributed by atoms with Crippen LogP contribution in [-0.4, -0.2) is 59.4 Å². The first kappa shape index (κ1) is 27.1. The van der Waals surface area contributed by atoms with Crippen LogP contribution in [0.25, 0.3) is 0 Å². The summed E-state index contributed by atoms with van der Waals surface area (Å²) in [5.41, 5.74) is 0. The fourth-order valence-corrected chi connectivity index (χ4v) is 4.07. The number of quaternary nitrogens is 1. The average Bonchev–Trinajstić information content (AvgIpc) is 2.68. The van der Waals surface area contributed by atoms with E-state index in [1.165, 1.54) is 121 Å². The molecular formula is C22H48N2O4+2. The largest absolute Gasteiger partial charge is 0.472 e. The predicted octanol–water partition coefficient (Wildman–Crippen LogP) is 5.88. The molecule has 0 aromatic carbocycles. The summed E-state index contributed by atoms with van der Waals surface area (Å²) in [6.07, 6.45) is 20.4. The Morgan fingerprint density at radius 3 is 1.43 bits per heavy atom. The minimum Gasteiger partial charge on any atom is -0.370 e. The molecule has 1 rings (SSSR count). The Labute approximate surface area is 173 Å². The molecule has 1 aliphatic heterocycles. The molecule has 0 saturated carbocycles. The monoisotopic (exact) mass is 404 g/mol. The zero-order valence-electron chi connectivity index (χ0n) is 18.7. The first-order chi connectivity index (χ1) is 13.6. The van der Waals surface area contributed by atoms with Crippen molar-refractivity contribution in [3.8, 4) is 0 Å². The Kier molecular flexibility index (Phi) is 18.8. The summed E-state index contributed by atoms with van der Waals surface area (Å²) in [4.78, 5) is 8.47. The Bertz CT molecular complexity index is 343. The van der Waals surface area contributed by atoms with Crippen molar-refractivity contribution in [2.24, 2.45) is 0 Å². The van der Waals surface area contributed by atoms with E-state index in [0.29, 0.717) is 0 Å². The van der Waals surface area contributed by atoms with Crippen molar-refractivity contribution in [3.63, 3.8) is 0 Å². The number of rotatable bonds is 16. The smallest absolute Gasteiger partial charge is 0.370 e. The quantitative estimate of drug-likeness (QED) is 0.191. The molecule has 0 atom stereocenters. The average molecular weight is 405 g/mol. The molecule has 2 N–H and O–H groups in total. The molecule has 1 saturated heterocycles. The fraction of sp³-hybridized carbons (Fsp3) is 1.00. The Morgan fingerprint density at radius 2 is 1.07 bits per heavy atom. The molecule has 0 radical (unpaired) electrons. The van der Waals surface area contributed by atoms with Gasteiger partial charge in [0.1, 0.15) is 18.0 Å². The van der Waals surface area contributed by atoms with E-state index in [-0.39, 0.29) is 0 Å². The van der Waals surface area contributed by atoms with E-state index < -0.39 is 5.09 Å². The molecule has 28 heavy (non-hydrogen) atoms. The van der Waals surface area contributed by atoms with Gasteiger partial charge in [-0.2, -0.15) is 0 Å². The van der Waals surface area contributed by atoms with Crippen LogP contribution in [-0.2, 0) is 4.74 Å². The number of unbranched alkanes of at least 4 members (excludes halogenated alkanes) is 13. The summed E-state index contributed by atoms with van der Waals surface area (Å²) >= 11 is 0. The lowest BCUT2D eigenvalue weighted by Gasteiger charge is -2.40. The van der Waals surface area contributed by atoms with Crippen LogP contribution in [0.2, 0.25) is 0 Å². The van der Waals surface area contributed by atoms with Crippen LogP contribution < -0.4 is 0 Å². The summed E-state index contributed by atoms with van der Waals surface area (Å²) in [7, 11) is 0. The number of likely N-dealkylation sites (N-methyl/N-ethyl adjacent to an activating group) is 1. The molecule has 1 aliphatic rings. The minimum atomic E-state index is -1.25. The maximum atomic E-state index is 8.47. The van der Waals surface area contributed by atoms with E-state index >= 15 is 0 Å². The molecule has 1 fully saturated rings. The number of hydrogen-bond acceptors (Lipinski definition) is 2. The van der Waals surface area contributed by atoms with Crippen LogP contribution >= 0.6 is 0 Å². The van der Waals surface area contributed by atoms with E-state index in [1.807, 2.05) is 0 Å². The highest BCUT2D eigenvalue weighted by Crippen LogP contribution is 2.16. The summed E-state index contributed by atoms with van der Waals surface area (Å²) in [6, 6.07) is 0. The Balaban J connectivity index is 0.00000165. The SMILES string of the molecule is CCCCCCCCCCCCCCCC[N+]1(CC)CCOCC1.O=[N+](O)O. The van der Waals surface area contributed by atoms with Gasteiger partial charge in [0, 0.05) is 0 Å². The van der Waals surface area contributed by atoms with Crippen LogP contribution in [0.3, 0.4) is 0 Å². The lowest BCUT2D eigenvalue weighted by atomic mass is 10.0. The van der Waals surface area contributed by atoms with E-state index in [1.54, 1.807) is 0 Å². The second-order valence-electron chi connectivity index (χ2n) is 8.29. The molecule has 6 heteroatoms. The normalized spacial score (nSPS) is 15.6. The fourth-order valence-electron chi connectivity index (χ4n) is 4.07. The molecule has 0 aromatic heterocycles. The Hall–Kier alpha value is -0.880. The Morgan fingerprint density at radius 1 is 0.714 bits per heavy atom. The predicted molar refractivity (Wildman–Crippen MR) is 114 cm³/mol. The van der Waals surface area contributed by atoms with E-state index in [2.05, 4.69) is 13.8 Å². The third kappa shape index (κ3) is 17.2. The van der Waals surface area contributed by atoms with Gasteiger partial charge in [-0.05, 0) is 19.8 Å². The van der Waals surface area contributed by atoms with Gasteiger partial charge in [-0.25, -0.2) is 10.4 Å². The van der Waals surface area contributed by atoms with Crippen molar-refractivity contribution in [3.05, 3.63) is 4.91 Å². The highest BCUT2D eigenvalue weighted by molar-refractivity contribution is 4.52. The maximum absolute atomic E-state index is 8.47. The van der Waals surface area contributed by atoms with E-state index in [4.69, 9.17) is 20.1 Å². The molecule has 0 amide bonds. The van der Waals surface area contributed by atoms with Crippen molar-refractivity contribution < 1.29 is 24.7 Å². The zero-order valence-corrected chi connectivity index (χ0v) is 18.7. The summed E-state index contributed by atoms with van der Waals surface area (Å²) in [5.74, 6) is 0.